The van der Waals surface area contributed by atoms with Crippen molar-refractivity contribution in [1.29, 1.82) is 0 Å². The summed E-state index contributed by atoms with van der Waals surface area (Å²) < 4.78 is 38.6. The van der Waals surface area contributed by atoms with Crippen molar-refractivity contribution in [3.05, 3.63) is 18.2 Å². The highest BCUT2D eigenvalue weighted by molar-refractivity contribution is 7.89. The predicted molar refractivity (Wildman–Crippen MR) is 94.7 cm³/mol. The van der Waals surface area contributed by atoms with Crippen molar-refractivity contribution in [3.8, 4) is 11.5 Å². The summed E-state index contributed by atoms with van der Waals surface area (Å²) in [5.41, 5.74) is 0. The lowest BCUT2D eigenvalue weighted by atomic mass is 10.00. The Kier molecular flexibility index (Phi) is 6.74. The molecule has 0 radical (unpaired) electrons. The van der Waals surface area contributed by atoms with Gasteiger partial charge in [-0.3, -0.25) is 0 Å². The molecule has 1 N–H and O–H groups in total. The van der Waals surface area contributed by atoms with E-state index in [-0.39, 0.29) is 17.3 Å². The molecule has 3 rings (SSSR count). The molecule has 1 aromatic carbocycles. The maximum absolute atomic E-state index is 12.9. The molecular formula is C16H25ClN2O4S. The summed E-state index contributed by atoms with van der Waals surface area (Å²) in [6.07, 6.45) is 2.76. The normalized spacial score (nSPS) is 21.6. The van der Waals surface area contributed by atoms with E-state index in [1.54, 1.807) is 22.5 Å². The molecule has 1 fully saturated rings. The van der Waals surface area contributed by atoms with Gasteiger partial charge in [-0.1, -0.05) is 0 Å². The standard InChI is InChI=1S/C16H24N2O4S.ClH/c1-17-11-13-4-2-7-18(12-13)23(19,20)14-5-6-15-16(10-14)22-9-3-8-21-15;/h5-6,10,13,17H,2-4,7-9,11-12H2,1H3;1H. The molecule has 0 aromatic heterocycles. The van der Waals surface area contributed by atoms with E-state index in [2.05, 4.69) is 5.32 Å². The number of hydrogen-bond donors (Lipinski definition) is 1. The van der Waals surface area contributed by atoms with Gasteiger partial charge in [0, 0.05) is 25.6 Å². The Morgan fingerprint density at radius 2 is 1.96 bits per heavy atom. The van der Waals surface area contributed by atoms with Crippen LogP contribution in [0.2, 0.25) is 0 Å². The maximum Gasteiger partial charge on any atom is 0.243 e. The van der Waals surface area contributed by atoms with Crippen LogP contribution in [0.4, 0.5) is 0 Å². The molecule has 0 bridgehead atoms. The van der Waals surface area contributed by atoms with Gasteiger partial charge in [0.15, 0.2) is 11.5 Å². The lowest BCUT2D eigenvalue weighted by Gasteiger charge is -2.32. The van der Waals surface area contributed by atoms with Gasteiger partial charge >= 0.3 is 0 Å². The summed E-state index contributed by atoms with van der Waals surface area (Å²) in [7, 11) is -1.59. The summed E-state index contributed by atoms with van der Waals surface area (Å²) in [6, 6.07) is 4.91. The lowest BCUT2D eigenvalue weighted by molar-refractivity contribution is 0.263. The fourth-order valence-corrected chi connectivity index (χ4v) is 4.72. The highest BCUT2D eigenvalue weighted by Gasteiger charge is 2.30. The minimum Gasteiger partial charge on any atom is -0.490 e. The Hall–Kier alpha value is -1.02. The Balaban J connectivity index is 0.00000208. The molecule has 6 nitrogen and oxygen atoms in total. The van der Waals surface area contributed by atoms with Crippen LogP contribution in [0.1, 0.15) is 19.3 Å². The first-order chi connectivity index (χ1) is 11.1. The average Bonchev–Trinajstić information content (AvgIpc) is 2.80. The summed E-state index contributed by atoms with van der Waals surface area (Å²) in [5, 5.41) is 3.14. The molecule has 136 valence electrons. The Morgan fingerprint density at radius 1 is 1.21 bits per heavy atom. The number of nitrogens with zero attached hydrogens (tertiary/aromatic N) is 1. The van der Waals surface area contributed by atoms with Crippen molar-refractivity contribution in [2.75, 3.05) is 39.9 Å². The van der Waals surface area contributed by atoms with E-state index < -0.39 is 10.0 Å². The number of fused-ring (bicyclic) bond motifs is 1. The molecule has 8 heteroatoms. The van der Waals surface area contributed by atoms with Crippen LogP contribution in [-0.2, 0) is 10.0 Å². The summed E-state index contributed by atoms with van der Waals surface area (Å²) in [4.78, 5) is 0.284. The van der Waals surface area contributed by atoms with E-state index >= 15 is 0 Å². The second-order valence-corrected chi connectivity index (χ2v) is 8.03. The van der Waals surface area contributed by atoms with Crippen molar-refractivity contribution in [2.45, 2.75) is 24.2 Å². The SMILES string of the molecule is CNCC1CCCN(S(=O)(=O)c2ccc3c(c2)OCCCO3)C1.Cl. The Labute approximate surface area is 150 Å². The van der Waals surface area contributed by atoms with Crippen LogP contribution in [0.25, 0.3) is 0 Å². The van der Waals surface area contributed by atoms with Crippen LogP contribution in [0, 0.1) is 5.92 Å². The molecule has 1 unspecified atom stereocenters. The van der Waals surface area contributed by atoms with Crippen LogP contribution in [0.5, 0.6) is 11.5 Å². The van der Waals surface area contributed by atoms with Crippen LogP contribution in [0.3, 0.4) is 0 Å². The third-order valence-electron chi connectivity index (χ3n) is 4.33. The highest BCUT2D eigenvalue weighted by Crippen LogP contribution is 2.33. The second kappa shape index (κ2) is 8.38. The van der Waals surface area contributed by atoms with Crippen LogP contribution < -0.4 is 14.8 Å². The number of nitrogens with one attached hydrogen (secondary N) is 1. The molecule has 1 atom stereocenters. The topological polar surface area (TPSA) is 67.9 Å². The zero-order valence-corrected chi connectivity index (χ0v) is 15.5. The smallest absolute Gasteiger partial charge is 0.243 e. The van der Waals surface area contributed by atoms with Crippen molar-refractivity contribution in [2.24, 2.45) is 5.92 Å². The molecule has 24 heavy (non-hydrogen) atoms. The second-order valence-electron chi connectivity index (χ2n) is 6.09. The molecule has 2 aliphatic rings. The quantitative estimate of drug-likeness (QED) is 0.869. The largest absolute Gasteiger partial charge is 0.490 e. The van der Waals surface area contributed by atoms with Crippen LogP contribution in [-0.4, -0.2) is 52.6 Å². The van der Waals surface area contributed by atoms with Gasteiger partial charge in [0.25, 0.3) is 0 Å². The molecule has 1 aromatic rings. The van der Waals surface area contributed by atoms with E-state index in [1.165, 1.54) is 0 Å². The number of ether oxygens (including phenoxy) is 2. The zero-order chi connectivity index (χ0) is 16.3. The van der Waals surface area contributed by atoms with Gasteiger partial charge in [-0.25, -0.2) is 8.42 Å². The zero-order valence-electron chi connectivity index (χ0n) is 13.9. The molecule has 0 saturated carbocycles. The number of sulfonamides is 1. The average molecular weight is 377 g/mol. The summed E-state index contributed by atoms with van der Waals surface area (Å²) in [6.45, 7) is 3.13. The minimum atomic E-state index is -3.49. The van der Waals surface area contributed by atoms with Gasteiger partial charge in [-0.15, -0.1) is 12.4 Å². The number of hydrogen-bond acceptors (Lipinski definition) is 5. The fourth-order valence-electron chi connectivity index (χ4n) is 3.15. The van der Waals surface area contributed by atoms with Crippen molar-refractivity contribution in [3.63, 3.8) is 0 Å². The van der Waals surface area contributed by atoms with E-state index in [9.17, 15) is 8.42 Å². The third-order valence-corrected chi connectivity index (χ3v) is 6.19. The van der Waals surface area contributed by atoms with Crippen LogP contribution in [0.15, 0.2) is 23.1 Å². The number of halogens is 1. The summed E-state index contributed by atoms with van der Waals surface area (Å²) >= 11 is 0. The summed E-state index contributed by atoms with van der Waals surface area (Å²) in [5.74, 6) is 1.50. The van der Waals surface area contributed by atoms with Crippen molar-refractivity contribution >= 4 is 22.4 Å². The first-order valence-corrected chi connectivity index (χ1v) is 9.59. The number of rotatable bonds is 4. The molecular weight excluding hydrogens is 352 g/mol. The molecule has 1 saturated heterocycles. The molecule has 0 aliphatic carbocycles. The van der Waals surface area contributed by atoms with Gasteiger partial charge in [0.2, 0.25) is 10.0 Å². The van der Waals surface area contributed by atoms with Gasteiger partial charge in [0.1, 0.15) is 0 Å². The monoisotopic (exact) mass is 376 g/mol. The molecule has 0 amide bonds. The fraction of sp³-hybridized carbons (Fsp3) is 0.625. The highest BCUT2D eigenvalue weighted by atomic mass is 35.5. The van der Waals surface area contributed by atoms with E-state index in [4.69, 9.17) is 9.47 Å². The van der Waals surface area contributed by atoms with Crippen molar-refractivity contribution < 1.29 is 17.9 Å². The molecule has 0 spiro atoms. The van der Waals surface area contributed by atoms with E-state index in [0.29, 0.717) is 43.7 Å². The van der Waals surface area contributed by atoms with E-state index in [1.807, 2.05) is 7.05 Å². The lowest BCUT2D eigenvalue weighted by Crippen LogP contribution is -2.42. The van der Waals surface area contributed by atoms with Crippen LogP contribution >= 0.6 is 12.4 Å². The Bertz CT molecular complexity index is 651. The molecule has 2 aliphatic heterocycles. The molecule has 2 heterocycles. The predicted octanol–water partition coefficient (Wildman–Crippen LogP) is 1.89. The van der Waals surface area contributed by atoms with Crippen molar-refractivity contribution in [1.82, 2.24) is 9.62 Å². The van der Waals surface area contributed by atoms with E-state index in [0.717, 1.165) is 25.8 Å². The first kappa shape index (κ1) is 19.3. The third kappa shape index (κ3) is 4.14. The first-order valence-electron chi connectivity index (χ1n) is 8.15. The Morgan fingerprint density at radius 3 is 2.71 bits per heavy atom. The number of piperidine rings is 1. The van der Waals surface area contributed by atoms with Gasteiger partial charge < -0.3 is 14.8 Å². The van der Waals surface area contributed by atoms with Gasteiger partial charge in [-0.05, 0) is 44.5 Å². The van der Waals surface area contributed by atoms with Gasteiger partial charge in [0.05, 0.1) is 18.1 Å². The maximum atomic E-state index is 12.9. The van der Waals surface area contributed by atoms with Gasteiger partial charge in [-0.2, -0.15) is 4.31 Å². The minimum absolute atomic E-state index is 0. The number of benzene rings is 1.